The molecule has 0 aliphatic carbocycles. The van der Waals surface area contributed by atoms with Gasteiger partial charge in [-0.1, -0.05) is 6.58 Å². The third-order valence-electron chi connectivity index (χ3n) is 1.15. The molecule has 9 heavy (non-hydrogen) atoms. The summed E-state index contributed by atoms with van der Waals surface area (Å²) in [6, 6.07) is 0. The number of halogens is 1. The van der Waals surface area contributed by atoms with Crippen LogP contribution in [-0.4, -0.2) is 7.99 Å². The van der Waals surface area contributed by atoms with Gasteiger partial charge in [0.05, 0.1) is 34.8 Å². The van der Waals surface area contributed by atoms with Crippen LogP contribution in [0.25, 0.3) is 6.08 Å². The summed E-state index contributed by atoms with van der Waals surface area (Å²) in [7, 11) is 0. The first kappa shape index (κ1) is 6.80. The molecule has 1 heterocycles. The summed E-state index contributed by atoms with van der Waals surface area (Å²) in [6.07, 6.45) is 3.62. The van der Waals surface area contributed by atoms with E-state index in [2.05, 4.69) is 34.5 Å². The molecule has 1 aromatic rings. The standard InChI is InChI=1S/C6H7IN2/c1-3-6-5(2)4-8-9(6)7/h3-4H,1H2,2H3. The second-order valence-corrected chi connectivity index (χ2v) is 2.69. The van der Waals surface area contributed by atoms with Crippen LogP contribution in [0.15, 0.2) is 12.8 Å². The second-order valence-electron chi connectivity index (χ2n) is 1.78. The molecule has 0 saturated heterocycles. The Labute approximate surface area is 68.1 Å². The van der Waals surface area contributed by atoms with Crippen LogP contribution in [-0.2, 0) is 0 Å². The number of hydrogen-bond donors (Lipinski definition) is 0. The minimum absolute atomic E-state index is 1.08. The van der Waals surface area contributed by atoms with Crippen LogP contribution < -0.4 is 0 Å². The van der Waals surface area contributed by atoms with Crippen LogP contribution in [0.5, 0.6) is 0 Å². The summed E-state index contributed by atoms with van der Waals surface area (Å²) in [5.41, 5.74) is 2.25. The van der Waals surface area contributed by atoms with Crippen LogP contribution in [0.3, 0.4) is 0 Å². The predicted octanol–water partition coefficient (Wildman–Crippen LogP) is 2.03. The first-order valence-electron chi connectivity index (χ1n) is 2.59. The van der Waals surface area contributed by atoms with Crippen molar-refractivity contribution in [3.8, 4) is 0 Å². The molecular formula is C6H7IN2. The van der Waals surface area contributed by atoms with E-state index in [1.165, 1.54) is 5.56 Å². The molecular weight excluding hydrogens is 227 g/mol. The maximum Gasteiger partial charge on any atom is 0.0851 e. The van der Waals surface area contributed by atoms with Gasteiger partial charge in [0.2, 0.25) is 0 Å². The van der Waals surface area contributed by atoms with Crippen LogP contribution in [0.1, 0.15) is 11.3 Å². The zero-order valence-corrected chi connectivity index (χ0v) is 7.29. The molecule has 0 atom stereocenters. The van der Waals surface area contributed by atoms with E-state index in [0.717, 1.165) is 5.69 Å². The lowest BCUT2D eigenvalue weighted by Gasteiger charge is -1.89. The van der Waals surface area contributed by atoms with Crippen molar-refractivity contribution in [2.24, 2.45) is 0 Å². The smallest absolute Gasteiger partial charge is 0.0851 e. The fraction of sp³-hybridized carbons (Fsp3) is 0.167. The SMILES string of the molecule is C=Cc1c(C)cnn1I. The van der Waals surface area contributed by atoms with Gasteiger partial charge in [0.15, 0.2) is 0 Å². The quantitative estimate of drug-likeness (QED) is 0.680. The normalized spacial score (nSPS) is 9.56. The topological polar surface area (TPSA) is 17.8 Å². The zero-order chi connectivity index (χ0) is 6.85. The van der Waals surface area contributed by atoms with E-state index < -0.39 is 0 Å². The van der Waals surface area contributed by atoms with Crippen LogP contribution in [0.4, 0.5) is 0 Å². The maximum absolute atomic E-state index is 4.02. The van der Waals surface area contributed by atoms with E-state index in [0.29, 0.717) is 0 Å². The van der Waals surface area contributed by atoms with E-state index >= 15 is 0 Å². The molecule has 48 valence electrons. The molecule has 2 nitrogen and oxygen atoms in total. The second kappa shape index (κ2) is 2.51. The maximum atomic E-state index is 4.02. The molecule has 1 aromatic heterocycles. The Morgan fingerprint density at radius 3 is 2.78 bits per heavy atom. The number of rotatable bonds is 1. The molecule has 0 aromatic carbocycles. The third kappa shape index (κ3) is 1.15. The molecule has 3 heteroatoms. The van der Waals surface area contributed by atoms with Gasteiger partial charge < -0.3 is 0 Å². The number of aromatic nitrogens is 2. The van der Waals surface area contributed by atoms with Gasteiger partial charge in [0.1, 0.15) is 0 Å². The van der Waals surface area contributed by atoms with Crippen molar-refractivity contribution in [2.45, 2.75) is 6.92 Å². The summed E-state index contributed by atoms with van der Waals surface area (Å²) in [5, 5.41) is 4.02. The molecule has 0 aliphatic heterocycles. The number of hydrogen-bond acceptors (Lipinski definition) is 1. The summed E-state index contributed by atoms with van der Waals surface area (Å²) in [6.45, 7) is 5.67. The lowest BCUT2D eigenvalue weighted by molar-refractivity contribution is 1.04. The summed E-state index contributed by atoms with van der Waals surface area (Å²) in [4.78, 5) is 0. The highest BCUT2D eigenvalue weighted by Crippen LogP contribution is 2.09. The van der Waals surface area contributed by atoms with Gasteiger partial charge >= 0.3 is 0 Å². The molecule has 0 radical (unpaired) electrons. The van der Waals surface area contributed by atoms with Gasteiger partial charge in [-0.2, -0.15) is 5.10 Å². The first-order valence-corrected chi connectivity index (χ1v) is 3.55. The minimum atomic E-state index is 1.08. The zero-order valence-electron chi connectivity index (χ0n) is 5.13. The number of aryl methyl sites for hydroxylation is 1. The summed E-state index contributed by atoms with van der Waals surface area (Å²) in [5.74, 6) is 0. The molecule has 0 fully saturated rings. The van der Waals surface area contributed by atoms with Gasteiger partial charge in [0.25, 0.3) is 0 Å². The molecule has 0 amide bonds. The average molecular weight is 234 g/mol. The van der Waals surface area contributed by atoms with Gasteiger partial charge in [0, 0.05) is 0 Å². The van der Waals surface area contributed by atoms with Crippen molar-refractivity contribution in [2.75, 3.05) is 0 Å². The van der Waals surface area contributed by atoms with Crippen LogP contribution >= 0.6 is 22.9 Å². The largest absolute Gasteiger partial charge is 0.204 e. The molecule has 0 saturated carbocycles. The average Bonchev–Trinajstić information content (AvgIpc) is 2.12. The van der Waals surface area contributed by atoms with Crippen molar-refractivity contribution < 1.29 is 0 Å². The third-order valence-corrected chi connectivity index (χ3v) is 1.92. The molecule has 0 N–H and O–H groups in total. The van der Waals surface area contributed by atoms with Gasteiger partial charge in [-0.3, -0.25) is 0 Å². The van der Waals surface area contributed by atoms with Gasteiger partial charge in [-0.15, -0.1) is 0 Å². The van der Waals surface area contributed by atoms with E-state index in [9.17, 15) is 0 Å². The highest BCUT2D eigenvalue weighted by molar-refractivity contribution is 14.1. The first-order chi connectivity index (χ1) is 4.25. The molecule has 0 spiro atoms. The highest BCUT2D eigenvalue weighted by Gasteiger charge is 1.98. The summed E-state index contributed by atoms with van der Waals surface area (Å²) >= 11 is 2.12. The van der Waals surface area contributed by atoms with E-state index in [1.807, 2.05) is 13.1 Å². The Hall–Kier alpha value is -0.320. The van der Waals surface area contributed by atoms with E-state index in [4.69, 9.17) is 0 Å². The van der Waals surface area contributed by atoms with Crippen LogP contribution in [0.2, 0.25) is 0 Å². The Kier molecular flexibility index (Phi) is 1.90. The Bertz CT molecular complexity index is 207. The van der Waals surface area contributed by atoms with Crippen molar-refractivity contribution in [3.63, 3.8) is 0 Å². The molecule has 1 rings (SSSR count). The molecule has 0 aliphatic rings. The highest BCUT2D eigenvalue weighted by atomic mass is 127. The minimum Gasteiger partial charge on any atom is -0.204 e. The monoisotopic (exact) mass is 234 g/mol. The molecule has 0 unspecified atom stereocenters. The van der Waals surface area contributed by atoms with Crippen molar-refractivity contribution >= 4 is 28.9 Å². The van der Waals surface area contributed by atoms with Crippen molar-refractivity contribution in [1.29, 1.82) is 0 Å². The fourth-order valence-electron chi connectivity index (χ4n) is 0.647. The lowest BCUT2D eigenvalue weighted by Crippen LogP contribution is -1.83. The molecule has 0 bridgehead atoms. The van der Waals surface area contributed by atoms with Crippen molar-refractivity contribution in [1.82, 2.24) is 7.99 Å². The van der Waals surface area contributed by atoms with Gasteiger partial charge in [-0.05, 0) is 18.6 Å². The Morgan fingerprint density at radius 1 is 1.89 bits per heavy atom. The lowest BCUT2D eigenvalue weighted by atomic mass is 10.3. The van der Waals surface area contributed by atoms with E-state index in [1.54, 1.807) is 8.97 Å². The van der Waals surface area contributed by atoms with Gasteiger partial charge in [-0.25, -0.2) is 2.90 Å². The van der Waals surface area contributed by atoms with E-state index in [-0.39, 0.29) is 0 Å². The predicted molar refractivity (Wildman–Crippen MR) is 46.5 cm³/mol. The van der Waals surface area contributed by atoms with Crippen molar-refractivity contribution in [3.05, 3.63) is 24.0 Å². The van der Waals surface area contributed by atoms with Crippen LogP contribution in [0, 0.1) is 6.92 Å². The Morgan fingerprint density at radius 2 is 2.56 bits per heavy atom. The summed E-state index contributed by atoms with van der Waals surface area (Å²) < 4.78 is 1.78. The Balaban J connectivity index is 3.22. The number of nitrogens with zero attached hydrogens (tertiary/aromatic N) is 2. The fourth-order valence-corrected chi connectivity index (χ4v) is 1.35.